The number of carboxylic acids is 1. The van der Waals surface area contributed by atoms with E-state index in [1.807, 2.05) is 98.7 Å². The minimum atomic E-state index is -1.01. The van der Waals surface area contributed by atoms with Gasteiger partial charge < -0.3 is 24.4 Å². The maximum atomic E-state index is 12.7. The monoisotopic (exact) mass is 596 g/mol. The van der Waals surface area contributed by atoms with Crippen LogP contribution in [0, 0.1) is 6.92 Å². The Morgan fingerprint density at radius 1 is 0.953 bits per heavy atom. The zero-order valence-electron chi connectivity index (χ0n) is 27.8. The van der Waals surface area contributed by atoms with E-state index in [0.717, 1.165) is 5.56 Å². The quantitative estimate of drug-likeness (QED) is 0.331. The highest BCUT2D eigenvalue weighted by Gasteiger charge is 2.37. The van der Waals surface area contributed by atoms with Crippen LogP contribution in [0.25, 0.3) is 6.08 Å². The lowest BCUT2D eigenvalue weighted by Gasteiger charge is -2.40. The molecule has 1 aliphatic heterocycles. The Labute approximate surface area is 258 Å². The third kappa shape index (κ3) is 10.8. The van der Waals surface area contributed by atoms with Gasteiger partial charge in [0, 0.05) is 50.1 Å². The van der Waals surface area contributed by atoms with E-state index >= 15 is 0 Å². The second kappa shape index (κ2) is 17.3. The summed E-state index contributed by atoms with van der Waals surface area (Å²) in [6.07, 6.45) is 4.56. The van der Waals surface area contributed by atoms with Gasteiger partial charge >= 0.3 is 12.1 Å². The van der Waals surface area contributed by atoms with Gasteiger partial charge in [0.1, 0.15) is 17.0 Å². The summed E-state index contributed by atoms with van der Waals surface area (Å²) in [6.45, 7) is 21.3. The number of carboxylic acid groups (broad SMARTS) is 1. The number of likely N-dealkylation sites (tertiary alicyclic amines) is 1. The van der Waals surface area contributed by atoms with E-state index < -0.39 is 17.2 Å². The van der Waals surface area contributed by atoms with Gasteiger partial charge in [-0.25, -0.2) is 9.59 Å². The van der Waals surface area contributed by atoms with E-state index in [0.29, 0.717) is 55.9 Å². The fourth-order valence-corrected chi connectivity index (χ4v) is 4.55. The molecule has 0 radical (unpaired) electrons. The molecular weight excluding hydrogens is 544 g/mol. The van der Waals surface area contributed by atoms with Crippen LogP contribution in [-0.2, 0) is 4.74 Å². The van der Waals surface area contributed by atoms with E-state index in [9.17, 15) is 19.5 Å². The van der Waals surface area contributed by atoms with Crippen LogP contribution in [0.3, 0.4) is 0 Å². The first-order valence-electron chi connectivity index (χ1n) is 15.5. The topological polar surface area (TPSA) is 96.4 Å². The predicted octanol–water partition coefficient (Wildman–Crippen LogP) is 8.09. The number of benzene rings is 2. The molecule has 0 atom stereocenters. The first kappa shape index (κ1) is 37.2. The van der Waals surface area contributed by atoms with Gasteiger partial charge in [-0.3, -0.25) is 4.79 Å². The van der Waals surface area contributed by atoms with Crippen molar-refractivity contribution < 1.29 is 29.0 Å². The van der Waals surface area contributed by atoms with Crippen molar-refractivity contribution in [3.05, 3.63) is 70.8 Å². The van der Waals surface area contributed by atoms with Crippen LogP contribution in [0.15, 0.2) is 48.5 Å². The third-order valence-electron chi connectivity index (χ3n) is 6.88. The van der Waals surface area contributed by atoms with Crippen molar-refractivity contribution >= 4 is 24.0 Å². The lowest BCUT2D eigenvalue weighted by atomic mass is 9.89. The van der Waals surface area contributed by atoms with Crippen molar-refractivity contribution in [2.24, 2.45) is 0 Å². The van der Waals surface area contributed by atoms with Crippen LogP contribution >= 0.6 is 0 Å². The molecule has 2 aromatic carbocycles. The molecule has 0 aliphatic carbocycles. The lowest BCUT2D eigenvalue weighted by Crippen LogP contribution is -2.49. The number of piperidine rings is 1. The molecule has 2 amide bonds. The van der Waals surface area contributed by atoms with Crippen molar-refractivity contribution in [2.45, 2.75) is 93.3 Å². The Morgan fingerprint density at radius 3 is 2.00 bits per heavy atom. The van der Waals surface area contributed by atoms with Gasteiger partial charge in [0.05, 0.1) is 5.56 Å². The van der Waals surface area contributed by atoms with Crippen LogP contribution < -0.4 is 4.74 Å². The normalized spacial score (nSPS) is 14.0. The standard InChI is InChI=1S/C31H40N2O6.2C2H6/c1-7-32(8-2)27(34)24-14-12-23(13-15-24)16-17-31(38-26-11-9-10-25(22(26)3)28(35)36)18-20-33(21-19-31)29(37)39-30(4,5)6;2*1-2/h9-17H,7-8,18-21H2,1-6H3,(H,35,36);2*1-2H3/b17-16+;;. The summed E-state index contributed by atoms with van der Waals surface area (Å²) in [5, 5.41) is 9.57. The fraction of sp³-hybridized carbons (Fsp3) is 0.514. The van der Waals surface area contributed by atoms with Gasteiger partial charge in [0.2, 0.25) is 0 Å². The first-order chi connectivity index (χ1) is 20.4. The summed E-state index contributed by atoms with van der Waals surface area (Å²) in [6, 6.07) is 12.4. The molecule has 1 heterocycles. The Hall–Kier alpha value is -3.81. The third-order valence-corrected chi connectivity index (χ3v) is 6.88. The molecule has 3 rings (SSSR count). The van der Waals surface area contributed by atoms with Crippen molar-refractivity contribution in [2.75, 3.05) is 26.2 Å². The molecule has 1 fully saturated rings. The average Bonchev–Trinajstić information content (AvgIpc) is 2.99. The van der Waals surface area contributed by atoms with Gasteiger partial charge in [-0.2, -0.15) is 0 Å². The highest BCUT2D eigenvalue weighted by molar-refractivity contribution is 5.94. The predicted molar refractivity (Wildman–Crippen MR) is 174 cm³/mol. The number of carbonyl (C=O) groups excluding carboxylic acids is 2. The van der Waals surface area contributed by atoms with Crippen LogP contribution in [0.4, 0.5) is 4.79 Å². The molecule has 0 unspecified atom stereocenters. The van der Waals surface area contributed by atoms with Gasteiger partial charge in [0.25, 0.3) is 5.91 Å². The number of rotatable bonds is 8. The van der Waals surface area contributed by atoms with Crippen molar-refractivity contribution in [3.8, 4) is 5.75 Å². The fourth-order valence-electron chi connectivity index (χ4n) is 4.55. The van der Waals surface area contributed by atoms with E-state index in [1.165, 1.54) is 0 Å². The number of hydrogen-bond donors (Lipinski definition) is 1. The smallest absolute Gasteiger partial charge is 0.410 e. The second-order valence-corrected chi connectivity index (χ2v) is 10.8. The number of nitrogens with zero attached hydrogens (tertiary/aromatic N) is 2. The number of hydrogen-bond acceptors (Lipinski definition) is 5. The second-order valence-electron chi connectivity index (χ2n) is 10.8. The minimum absolute atomic E-state index is 0.00126. The van der Waals surface area contributed by atoms with E-state index in [-0.39, 0.29) is 17.6 Å². The number of aromatic carboxylic acids is 1. The lowest BCUT2D eigenvalue weighted by molar-refractivity contribution is -0.000586. The summed E-state index contributed by atoms with van der Waals surface area (Å²) in [5.74, 6) is -0.522. The van der Waals surface area contributed by atoms with Gasteiger partial charge in [-0.15, -0.1) is 0 Å². The summed E-state index contributed by atoms with van der Waals surface area (Å²) < 4.78 is 12.1. The van der Waals surface area contributed by atoms with Gasteiger partial charge in [-0.1, -0.05) is 52.0 Å². The zero-order valence-corrected chi connectivity index (χ0v) is 27.8. The number of amides is 2. The maximum absolute atomic E-state index is 12.7. The molecule has 1 aliphatic rings. The minimum Gasteiger partial charge on any atom is -0.483 e. The van der Waals surface area contributed by atoms with Gasteiger partial charge in [0.15, 0.2) is 0 Å². The number of ether oxygens (including phenoxy) is 2. The molecule has 0 bridgehead atoms. The molecule has 0 spiro atoms. The Kier molecular flexibility index (Phi) is 15.0. The summed E-state index contributed by atoms with van der Waals surface area (Å²) in [5.41, 5.74) is 0.914. The largest absolute Gasteiger partial charge is 0.483 e. The van der Waals surface area contributed by atoms with Crippen molar-refractivity contribution in [3.63, 3.8) is 0 Å². The zero-order chi connectivity index (χ0) is 32.8. The van der Waals surface area contributed by atoms with E-state index in [4.69, 9.17) is 9.47 Å². The SMILES string of the molecule is CC.CC.CCN(CC)C(=O)c1ccc(/C=C/C2(Oc3cccc(C(=O)O)c3C)CCN(C(=O)OC(C)(C)C)CC2)cc1. The molecule has 238 valence electrons. The van der Waals surface area contributed by atoms with Crippen molar-refractivity contribution in [1.29, 1.82) is 0 Å². The Balaban J connectivity index is 0.00000221. The summed E-state index contributed by atoms with van der Waals surface area (Å²) >= 11 is 0. The molecule has 8 nitrogen and oxygen atoms in total. The molecule has 0 saturated carbocycles. The maximum Gasteiger partial charge on any atom is 0.410 e. The molecular formula is C35H52N2O6. The number of carbonyl (C=O) groups is 3. The van der Waals surface area contributed by atoms with Gasteiger partial charge in [-0.05, 0) is 77.4 Å². The molecule has 43 heavy (non-hydrogen) atoms. The summed E-state index contributed by atoms with van der Waals surface area (Å²) in [7, 11) is 0. The van der Waals surface area contributed by atoms with Crippen LogP contribution in [0.5, 0.6) is 5.75 Å². The van der Waals surface area contributed by atoms with Crippen molar-refractivity contribution in [1.82, 2.24) is 9.80 Å². The average molecular weight is 597 g/mol. The first-order valence-corrected chi connectivity index (χ1v) is 15.5. The van der Waals surface area contributed by atoms with Crippen LogP contribution in [0.2, 0.25) is 0 Å². The Bertz CT molecular complexity index is 1200. The molecule has 8 heteroatoms. The van der Waals surface area contributed by atoms with Crippen LogP contribution in [0.1, 0.15) is 107 Å². The van der Waals surface area contributed by atoms with E-state index in [1.54, 1.807) is 34.9 Å². The summed E-state index contributed by atoms with van der Waals surface area (Å²) in [4.78, 5) is 40.5. The highest BCUT2D eigenvalue weighted by Crippen LogP contribution is 2.34. The van der Waals surface area contributed by atoms with Crippen LogP contribution in [-0.4, -0.2) is 70.3 Å². The molecule has 1 saturated heterocycles. The Morgan fingerprint density at radius 2 is 1.51 bits per heavy atom. The molecule has 0 aromatic heterocycles. The van der Waals surface area contributed by atoms with E-state index in [2.05, 4.69) is 0 Å². The molecule has 1 N–H and O–H groups in total. The molecule has 2 aromatic rings. The highest BCUT2D eigenvalue weighted by atomic mass is 16.6.